The summed E-state index contributed by atoms with van der Waals surface area (Å²) >= 11 is 4.93. The molecule has 1 aliphatic heterocycles. The van der Waals surface area contributed by atoms with Crippen LogP contribution in [0.1, 0.15) is 5.01 Å². The Labute approximate surface area is 170 Å². The highest BCUT2D eigenvalue weighted by Gasteiger charge is 2.28. The van der Waals surface area contributed by atoms with Crippen LogP contribution in [0.4, 0.5) is 0 Å². The Morgan fingerprint density at radius 1 is 1.11 bits per heavy atom. The molecule has 0 spiro atoms. The van der Waals surface area contributed by atoms with E-state index in [4.69, 9.17) is 4.42 Å². The number of hydrogen-bond acceptors (Lipinski definition) is 6. The Hall–Kier alpha value is -1.52. The molecule has 0 atom stereocenters. The second kappa shape index (κ2) is 7.84. The van der Waals surface area contributed by atoms with Crippen molar-refractivity contribution in [1.29, 1.82) is 0 Å². The van der Waals surface area contributed by atoms with Crippen LogP contribution in [-0.4, -0.2) is 48.8 Å². The maximum Gasteiger partial charge on any atom is 0.243 e. The molecule has 0 radical (unpaired) electrons. The molecule has 0 unspecified atom stereocenters. The van der Waals surface area contributed by atoms with Crippen molar-refractivity contribution in [3.63, 3.8) is 0 Å². The summed E-state index contributed by atoms with van der Waals surface area (Å²) in [6.45, 7) is 3.05. The summed E-state index contributed by atoms with van der Waals surface area (Å²) < 4.78 is 33.3. The van der Waals surface area contributed by atoms with Gasteiger partial charge in [-0.3, -0.25) is 4.90 Å². The summed E-state index contributed by atoms with van der Waals surface area (Å²) in [5.74, 6) is 0.767. The third kappa shape index (κ3) is 4.17. The zero-order valence-corrected chi connectivity index (χ0v) is 17.6. The molecule has 6 nitrogen and oxygen atoms in total. The Kier molecular flexibility index (Phi) is 5.47. The first-order valence-electron chi connectivity index (χ1n) is 8.49. The highest BCUT2D eigenvalue weighted by atomic mass is 79.9. The van der Waals surface area contributed by atoms with Crippen molar-refractivity contribution < 1.29 is 12.8 Å². The van der Waals surface area contributed by atoms with Crippen LogP contribution in [0.5, 0.6) is 0 Å². The van der Waals surface area contributed by atoms with Gasteiger partial charge in [0.25, 0.3) is 0 Å². The van der Waals surface area contributed by atoms with Gasteiger partial charge >= 0.3 is 0 Å². The van der Waals surface area contributed by atoms with Crippen LogP contribution in [0.15, 0.2) is 61.8 Å². The van der Waals surface area contributed by atoms with Gasteiger partial charge in [0.2, 0.25) is 10.0 Å². The lowest BCUT2D eigenvalue weighted by Crippen LogP contribution is -2.48. The summed E-state index contributed by atoms with van der Waals surface area (Å²) in [5.41, 5.74) is 0.844. The lowest BCUT2D eigenvalue weighted by Gasteiger charge is -2.33. The number of nitrogens with zero attached hydrogens (tertiary/aromatic N) is 3. The van der Waals surface area contributed by atoms with Gasteiger partial charge in [0.15, 0.2) is 5.76 Å². The van der Waals surface area contributed by atoms with Crippen molar-refractivity contribution in [2.75, 3.05) is 26.2 Å². The van der Waals surface area contributed by atoms with Crippen molar-refractivity contribution >= 4 is 37.3 Å². The third-order valence-electron chi connectivity index (χ3n) is 4.47. The first-order chi connectivity index (χ1) is 13.0. The molecule has 0 saturated carbocycles. The van der Waals surface area contributed by atoms with E-state index in [0.29, 0.717) is 31.1 Å². The molecule has 3 heterocycles. The van der Waals surface area contributed by atoms with Gasteiger partial charge in [0, 0.05) is 36.0 Å². The standard InChI is InChI=1S/C18H18BrN3O3S2/c19-14-3-5-15(6-4-14)27(23,24)22-9-7-21(8-10-22)12-18-20-16(13-26-18)17-2-1-11-25-17/h1-6,11,13H,7-10,12H2. The van der Waals surface area contributed by atoms with E-state index in [2.05, 4.69) is 25.8 Å². The van der Waals surface area contributed by atoms with Crippen molar-refractivity contribution in [2.45, 2.75) is 11.4 Å². The maximum absolute atomic E-state index is 12.8. The van der Waals surface area contributed by atoms with Crippen LogP contribution in [0.3, 0.4) is 0 Å². The first-order valence-corrected chi connectivity index (χ1v) is 11.6. The first kappa shape index (κ1) is 18.8. The Morgan fingerprint density at radius 3 is 2.52 bits per heavy atom. The average Bonchev–Trinajstić information content (AvgIpc) is 3.34. The molecular formula is C18H18BrN3O3S2. The molecule has 1 aliphatic rings. The van der Waals surface area contributed by atoms with Gasteiger partial charge in [0.05, 0.1) is 17.7 Å². The van der Waals surface area contributed by atoms with Crippen molar-refractivity contribution in [1.82, 2.24) is 14.2 Å². The van der Waals surface area contributed by atoms with Crippen molar-refractivity contribution in [2.24, 2.45) is 0 Å². The van der Waals surface area contributed by atoms with Gasteiger partial charge in [0.1, 0.15) is 10.7 Å². The molecule has 3 aromatic rings. The molecule has 142 valence electrons. The van der Waals surface area contributed by atoms with Gasteiger partial charge in [-0.2, -0.15) is 4.31 Å². The number of thiazole rings is 1. The fourth-order valence-electron chi connectivity index (χ4n) is 3.00. The molecule has 9 heteroatoms. The number of halogens is 1. The Bertz CT molecular complexity index is 993. The highest BCUT2D eigenvalue weighted by Crippen LogP contribution is 2.24. The predicted octanol–water partition coefficient (Wildman–Crippen LogP) is 3.67. The monoisotopic (exact) mass is 467 g/mol. The van der Waals surface area contributed by atoms with Crippen molar-refractivity contribution in [3.05, 3.63) is 57.5 Å². The summed E-state index contributed by atoms with van der Waals surface area (Å²) in [4.78, 5) is 7.19. The Morgan fingerprint density at radius 2 is 1.85 bits per heavy atom. The van der Waals surface area contributed by atoms with Gasteiger partial charge < -0.3 is 4.42 Å². The number of aromatic nitrogens is 1. The van der Waals surface area contributed by atoms with Gasteiger partial charge in [-0.05, 0) is 36.4 Å². The smallest absolute Gasteiger partial charge is 0.243 e. The van der Waals surface area contributed by atoms with E-state index < -0.39 is 10.0 Å². The van der Waals surface area contributed by atoms with E-state index >= 15 is 0 Å². The van der Waals surface area contributed by atoms with Gasteiger partial charge in [-0.15, -0.1) is 11.3 Å². The van der Waals surface area contributed by atoms with Crippen LogP contribution >= 0.6 is 27.3 Å². The molecule has 1 saturated heterocycles. The lowest BCUT2D eigenvalue weighted by molar-refractivity contribution is 0.181. The molecule has 0 aliphatic carbocycles. The second-order valence-electron chi connectivity index (χ2n) is 6.24. The van der Waals surface area contributed by atoms with Crippen LogP contribution < -0.4 is 0 Å². The van der Waals surface area contributed by atoms with E-state index in [1.165, 1.54) is 0 Å². The summed E-state index contributed by atoms with van der Waals surface area (Å²) in [5, 5.41) is 2.99. The predicted molar refractivity (Wildman–Crippen MR) is 108 cm³/mol. The minimum atomic E-state index is -3.44. The summed E-state index contributed by atoms with van der Waals surface area (Å²) in [7, 11) is -3.44. The number of benzene rings is 1. The Balaban J connectivity index is 1.37. The average molecular weight is 468 g/mol. The molecule has 0 amide bonds. The molecule has 27 heavy (non-hydrogen) atoms. The van der Waals surface area contributed by atoms with Crippen molar-refractivity contribution in [3.8, 4) is 11.5 Å². The maximum atomic E-state index is 12.8. The lowest BCUT2D eigenvalue weighted by atomic mass is 10.3. The number of hydrogen-bond donors (Lipinski definition) is 0. The number of piperazine rings is 1. The number of rotatable bonds is 5. The molecule has 0 bridgehead atoms. The van der Waals surface area contributed by atoms with E-state index in [-0.39, 0.29) is 0 Å². The van der Waals surface area contributed by atoms with E-state index in [1.54, 1.807) is 46.2 Å². The largest absolute Gasteiger partial charge is 0.463 e. The van der Waals surface area contributed by atoms with Crippen LogP contribution in [-0.2, 0) is 16.6 Å². The summed E-state index contributed by atoms with van der Waals surface area (Å²) in [6, 6.07) is 10.5. The third-order valence-corrected chi connectivity index (χ3v) is 7.74. The normalized spacial score (nSPS) is 16.6. The quantitative estimate of drug-likeness (QED) is 0.572. The SMILES string of the molecule is O=S(=O)(c1ccc(Br)cc1)N1CCN(Cc2nc(-c3ccco3)cs2)CC1. The molecule has 1 fully saturated rings. The van der Waals surface area contributed by atoms with Crippen LogP contribution in [0.25, 0.3) is 11.5 Å². The topological polar surface area (TPSA) is 66.7 Å². The zero-order chi connectivity index (χ0) is 18.9. The summed E-state index contributed by atoms with van der Waals surface area (Å²) in [6.07, 6.45) is 1.64. The van der Waals surface area contributed by atoms with E-state index in [1.807, 2.05) is 17.5 Å². The number of furan rings is 1. The fourth-order valence-corrected chi connectivity index (χ4v) is 5.51. The van der Waals surface area contributed by atoms with Gasteiger partial charge in [-0.1, -0.05) is 15.9 Å². The van der Waals surface area contributed by atoms with Crippen LogP contribution in [0, 0.1) is 0 Å². The highest BCUT2D eigenvalue weighted by molar-refractivity contribution is 9.10. The van der Waals surface area contributed by atoms with E-state index in [0.717, 1.165) is 27.5 Å². The molecule has 4 rings (SSSR count). The second-order valence-corrected chi connectivity index (χ2v) is 10.0. The molecule has 2 aromatic heterocycles. The van der Waals surface area contributed by atoms with Gasteiger partial charge in [-0.25, -0.2) is 13.4 Å². The zero-order valence-electron chi connectivity index (χ0n) is 14.4. The molecular weight excluding hydrogens is 450 g/mol. The van der Waals surface area contributed by atoms with Crippen LogP contribution in [0.2, 0.25) is 0 Å². The van der Waals surface area contributed by atoms with E-state index in [9.17, 15) is 8.42 Å². The number of sulfonamides is 1. The molecule has 1 aromatic carbocycles. The fraction of sp³-hybridized carbons (Fsp3) is 0.278. The minimum Gasteiger partial charge on any atom is -0.463 e. The molecule has 0 N–H and O–H groups in total. The minimum absolute atomic E-state index is 0.335.